The van der Waals surface area contributed by atoms with Gasteiger partial charge in [-0.05, 0) is 36.2 Å². The number of ether oxygens (including phenoxy) is 2. The van der Waals surface area contributed by atoms with E-state index in [0.29, 0.717) is 28.9 Å². The molecule has 2 heterocycles. The Balaban J connectivity index is 1.38. The Labute approximate surface area is 225 Å². The molecule has 0 atom stereocenters. The first kappa shape index (κ1) is 25.2. The summed E-state index contributed by atoms with van der Waals surface area (Å²) in [5, 5.41) is 10.3. The summed E-state index contributed by atoms with van der Waals surface area (Å²) in [5.41, 5.74) is 4.65. The van der Waals surface area contributed by atoms with Gasteiger partial charge in [0.25, 0.3) is 0 Å². The van der Waals surface area contributed by atoms with Crippen molar-refractivity contribution in [1.29, 1.82) is 0 Å². The zero-order chi connectivity index (χ0) is 26.5. The molecule has 5 aromatic rings. The Morgan fingerprint density at radius 2 is 1.58 bits per heavy atom. The zero-order valence-electron chi connectivity index (χ0n) is 21.4. The van der Waals surface area contributed by atoms with Crippen LogP contribution >= 0.6 is 11.3 Å². The highest BCUT2D eigenvalue weighted by molar-refractivity contribution is 7.12. The maximum Gasteiger partial charge on any atom is 0.226 e. The van der Waals surface area contributed by atoms with Gasteiger partial charge in [0.15, 0.2) is 11.5 Å². The lowest BCUT2D eigenvalue weighted by Crippen LogP contribution is -2.18. The lowest BCUT2D eigenvalue weighted by molar-refractivity contribution is -0.116. The molecule has 7 nitrogen and oxygen atoms in total. The second kappa shape index (κ2) is 11.3. The van der Waals surface area contributed by atoms with Crippen molar-refractivity contribution in [2.45, 2.75) is 19.3 Å². The van der Waals surface area contributed by atoms with Crippen molar-refractivity contribution in [2.75, 3.05) is 19.5 Å². The molecular weight excluding hydrogens is 496 g/mol. The quantitative estimate of drug-likeness (QED) is 0.239. The number of rotatable bonds is 9. The predicted molar refractivity (Wildman–Crippen MR) is 150 cm³/mol. The highest BCUT2D eigenvalue weighted by Crippen LogP contribution is 2.34. The van der Waals surface area contributed by atoms with Crippen molar-refractivity contribution in [3.63, 3.8) is 0 Å². The molecule has 0 unspecified atom stereocenters. The lowest BCUT2D eigenvalue weighted by atomic mass is 9.88. The first-order valence-corrected chi connectivity index (χ1v) is 13.1. The Morgan fingerprint density at radius 3 is 2.21 bits per heavy atom. The minimum absolute atomic E-state index is 0.0635. The number of methoxy groups -OCH3 is 2. The second-order valence-electron chi connectivity index (χ2n) is 8.79. The third kappa shape index (κ3) is 5.45. The minimum Gasteiger partial charge on any atom is -0.493 e. The van der Waals surface area contributed by atoms with Crippen LogP contribution in [0.2, 0.25) is 0 Å². The van der Waals surface area contributed by atoms with Crippen LogP contribution in [-0.2, 0) is 4.79 Å². The number of hydrogen-bond acceptors (Lipinski definition) is 6. The van der Waals surface area contributed by atoms with E-state index >= 15 is 0 Å². The summed E-state index contributed by atoms with van der Waals surface area (Å²) in [6.07, 6.45) is 0.299. The van der Waals surface area contributed by atoms with Crippen LogP contribution in [0.1, 0.15) is 29.2 Å². The zero-order valence-corrected chi connectivity index (χ0v) is 22.2. The number of nitrogens with zero attached hydrogens (tertiary/aromatic N) is 3. The summed E-state index contributed by atoms with van der Waals surface area (Å²) < 4.78 is 12.5. The summed E-state index contributed by atoms with van der Waals surface area (Å²) in [6.45, 7) is 1.89. The molecule has 0 aliphatic heterocycles. The van der Waals surface area contributed by atoms with E-state index in [1.807, 2.05) is 73.0 Å². The number of thiazole rings is 1. The molecule has 0 saturated heterocycles. The smallest absolute Gasteiger partial charge is 0.226 e. The van der Waals surface area contributed by atoms with Crippen LogP contribution < -0.4 is 14.8 Å². The number of aryl methyl sites for hydroxylation is 1. The van der Waals surface area contributed by atoms with Gasteiger partial charge in [-0.1, -0.05) is 60.7 Å². The molecule has 2 aromatic heterocycles. The minimum atomic E-state index is -0.0967. The molecule has 1 N–H and O–H groups in total. The van der Waals surface area contributed by atoms with Crippen LogP contribution in [0.4, 0.5) is 5.82 Å². The molecule has 192 valence electrons. The van der Waals surface area contributed by atoms with Gasteiger partial charge in [-0.15, -0.1) is 11.3 Å². The molecular formula is C30H28N4O3S. The number of carbonyl (C=O) groups excluding carboxylic acids is 1. The largest absolute Gasteiger partial charge is 0.493 e. The van der Waals surface area contributed by atoms with Gasteiger partial charge in [0.2, 0.25) is 11.0 Å². The highest BCUT2D eigenvalue weighted by Gasteiger charge is 2.20. The number of hydrogen-bond donors (Lipinski definition) is 1. The number of carbonyl (C=O) groups is 1. The fourth-order valence-electron chi connectivity index (χ4n) is 4.40. The van der Waals surface area contributed by atoms with Crippen molar-refractivity contribution in [2.24, 2.45) is 0 Å². The van der Waals surface area contributed by atoms with Gasteiger partial charge >= 0.3 is 0 Å². The highest BCUT2D eigenvalue weighted by atomic mass is 32.1. The standard InChI is InChI=1S/C30H28N4O3S/c1-20-16-28(32-29(35)18-24(21-10-6-4-7-11-21)22-12-8-5-9-13-22)34(33-20)30-31-25(19-38-30)23-14-15-26(36-2)27(17-23)37-3/h4-17,19,24H,18H2,1-3H3,(H,32,35). The fraction of sp³-hybridized carbons (Fsp3) is 0.167. The normalized spacial score (nSPS) is 10.9. The van der Waals surface area contributed by atoms with Crippen LogP contribution in [-0.4, -0.2) is 34.9 Å². The van der Waals surface area contributed by atoms with Crippen molar-refractivity contribution >= 4 is 23.1 Å². The molecule has 0 spiro atoms. The average Bonchev–Trinajstić information content (AvgIpc) is 3.59. The van der Waals surface area contributed by atoms with Gasteiger partial charge in [-0.25, -0.2) is 4.98 Å². The van der Waals surface area contributed by atoms with Gasteiger partial charge in [0.05, 0.1) is 25.6 Å². The summed E-state index contributed by atoms with van der Waals surface area (Å²) in [7, 11) is 3.21. The summed E-state index contributed by atoms with van der Waals surface area (Å²) >= 11 is 1.45. The predicted octanol–water partition coefficient (Wildman–Crippen LogP) is 6.48. The third-order valence-electron chi connectivity index (χ3n) is 6.24. The van der Waals surface area contributed by atoms with E-state index in [9.17, 15) is 4.79 Å². The molecule has 0 aliphatic rings. The van der Waals surface area contributed by atoms with Crippen molar-refractivity contribution in [1.82, 2.24) is 14.8 Å². The molecule has 38 heavy (non-hydrogen) atoms. The number of nitrogens with one attached hydrogen (secondary N) is 1. The first-order valence-electron chi connectivity index (χ1n) is 12.2. The van der Waals surface area contributed by atoms with E-state index in [1.165, 1.54) is 11.3 Å². The molecule has 0 radical (unpaired) electrons. The lowest BCUT2D eigenvalue weighted by Gasteiger charge is -2.18. The first-order chi connectivity index (χ1) is 18.6. The molecule has 5 rings (SSSR count). The van der Waals surface area contributed by atoms with Crippen LogP contribution in [0, 0.1) is 6.92 Å². The maximum atomic E-state index is 13.3. The van der Waals surface area contributed by atoms with Crippen molar-refractivity contribution in [3.8, 4) is 27.9 Å². The van der Waals surface area contributed by atoms with E-state index in [1.54, 1.807) is 18.9 Å². The molecule has 8 heteroatoms. The van der Waals surface area contributed by atoms with Crippen LogP contribution in [0.5, 0.6) is 11.5 Å². The SMILES string of the molecule is COc1ccc(-c2csc(-n3nc(C)cc3NC(=O)CC(c3ccccc3)c3ccccc3)n2)cc1OC. The van der Waals surface area contributed by atoms with Crippen LogP contribution in [0.15, 0.2) is 90.3 Å². The van der Waals surface area contributed by atoms with Gasteiger partial charge < -0.3 is 14.8 Å². The summed E-state index contributed by atoms with van der Waals surface area (Å²) in [4.78, 5) is 18.1. The van der Waals surface area contributed by atoms with E-state index < -0.39 is 0 Å². The summed E-state index contributed by atoms with van der Waals surface area (Å²) in [6, 6.07) is 27.7. The average molecular weight is 525 g/mol. The Kier molecular flexibility index (Phi) is 7.51. The fourth-order valence-corrected chi connectivity index (χ4v) is 5.20. The molecule has 1 amide bonds. The van der Waals surface area contributed by atoms with Crippen LogP contribution in [0.3, 0.4) is 0 Å². The van der Waals surface area contributed by atoms with E-state index in [4.69, 9.17) is 14.5 Å². The van der Waals surface area contributed by atoms with E-state index in [0.717, 1.165) is 28.1 Å². The molecule has 3 aromatic carbocycles. The van der Waals surface area contributed by atoms with E-state index in [-0.39, 0.29) is 11.8 Å². The second-order valence-corrected chi connectivity index (χ2v) is 9.63. The number of amides is 1. The molecule has 0 bridgehead atoms. The Hall–Kier alpha value is -4.43. The van der Waals surface area contributed by atoms with E-state index in [2.05, 4.69) is 34.7 Å². The summed E-state index contributed by atoms with van der Waals surface area (Å²) in [5.74, 6) is 1.71. The van der Waals surface area contributed by atoms with Gasteiger partial charge in [-0.2, -0.15) is 9.78 Å². The van der Waals surface area contributed by atoms with Gasteiger partial charge in [0.1, 0.15) is 5.82 Å². The topological polar surface area (TPSA) is 78.3 Å². The Bertz CT molecular complexity index is 1490. The molecule has 0 saturated carbocycles. The monoisotopic (exact) mass is 524 g/mol. The molecule has 0 aliphatic carbocycles. The number of aromatic nitrogens is 3. The van der Waals surface area contributed by atoms with Gasteiger partial charge in [0, 0.05) is 29.3 Å². The third-order valence-corrected chi connectivity index (χ3v) is 7.06. The van der Waals surface area contributed by atoms with Crippen molar-refractivity contribution in [3.05, 3.63) is 107 Å². The Morgan fingerprint density at radius 1 is 0.921 bits per heavy atom. The van der Waals surface area contributed by atoms with Crippen LogP contribution in [0.25, 0.3) is 16.4 Å². The number of anilines is 1. The number of benzene rings is 3. The van der Waals surface area contributed by atoms with Gasteiger partial charge in [-0.3, -0.25) is 4.79 Å². The van der Waals surface area contributed by atoms with Crippen molar-refractivity contribution < 1.29 is 14.3 Å². The molecule has 0 fully saturated rings. The maximum absolute atomic E-state index is 13.3.